The Hall–Kier alpha value is -1.62. The fraction of sp³-hybridized carbons (Fsp3) is 0.300. The van der Waals surface area contributed by atoms with Crippen molar-refractivity contribution in [1.29, 1.82) is 0 Å². The van der Waals surface area contributed by atoms with Gasteiger partial charge in [-0.05, 0) is 5.92 Å². The van der Waals surface area contributed by atoms with Crippen LogP contribution in [0.5, 0.6) is 0 Å². The molecule has 0 saturated heterocycles. The van der Waals surface area contributed by atoms with Gasteiger partial charge in [-0.1, -0.05) is 25.4 Å². The van der Waals surface area contributed by atoms with Crippen LogP contribution in [0.25, 0.3) is 5.65 Å². The fourth-order valence-electron chi connectivity index (χ4n) is 1.48. The third-order valence-corrected chi connectivity index (χ3v) is 2.63. The molecule has 0 aliphatic carbocycles. The molecule has 0 aromatic carbocycles. The minimum absolute atomic E-state index is 0.0868. The Morgan fingerprint density at radius 3 is 2.81 bits per heavy atom. The van der Waals surface area contributed by atoms with Gasteiger partial charge in [0, 0.05) is 12.4 Å². The van der Waals surface area contributed by atoms with Crippen LogP contribution in [0, 0.1) is 0 Å². The Labute approximate surface area is 96.7 Å². The fourth-order valence-corrected chi connectivity index (χ4v) is 1.88. The monoisotopic (exact) mass is 239 g/mol. The zero-order chi connectivity index (χ0) is 11.9. The van der Waals surface area contributed by atoms with E-state index in [1.165, 1.54) is 10.6 Å². The summed E-state index contributed by atoms with van der Waals surface area (Å²) in [6, 6.07) is 0. The Kier molecular flexibility index (Phi) is 2.55. The average molecular weight is 240 g/mol. The molecule has 6 heteroatoms. The van der Waals surface area contributed by atoms with Gasteiger partial charge in [-0.25, -0.2) is 14.8 Å². The first-order valence-electron chi connectivity index (χ1n) is 4.78. The van der Waals surface area contributed by atoms with Gasteiger partial charge in [0.2, 0.25) is 0 Å². The highest BCUT2D eigenvalue weighted by atomic mass is 35.5. The predicted octanol–water partition coefficient (Wildman–Crippen LogP) is 2.20. The second-order valence-electron chi connectivity index (χ2n) is 3.72. The lowest BCUT2D eigenvalue weighted by molar-refractivity contribution is 0.0692. The molecule has 0 radical (unpaired) electrons. The second kappa shape index (κ2) is 3.75. The number of rotatable bonds is 2. The first-order chi connectivity index (χ1) is 7.52. The molecule has 0 saturated carbocycles. The molecule has 0 aliphatic heterocycles. The van der Waals surface area contributed by atoms with Crippen molar-refractivity contribution in [2.75, 3.05) is 0 Å². The van der Waals surface area contributed by atoms with Crippen molar-refractivity contribution >= 4 is 23.2 Å². The molecule has 2 aromatic heterocycles. The van der Waals surface area contributed by atoms with Crippen LogP contribution in [0.15, 0.2) is 12.4 Å². The molecule has 2 heterocycles. The van der Waals surface area contributed by atoms with E-state index in [0.717, 1.165) is 0 Å². The summed E-state index contributed by atoms with van der Waals surface area (Å²) in [6.45, 7) is 3.89. The summed E-state index contributed by atoms with van der Waals surface area (Å²) < 4.78 is 1.54. The van der Waals surface area contributed by atoms with Gasteiger partial charge in [-0.2, -0.15) is 0 Å². The van der Waals surface area contributed by atoms with E-state index >= 15 is 0 Å². The predicted molar refractivity (Wildman–Crippen MR) is 59.0 cm³/mol. The number of carboxylic acid groups (broad SMARTS) is 1. The van der Waals surface area contributed by atoms with Crippen LogP contribution in [-0.4, -0.2) is 25.4 Å². The van der Waals surface area contributed by atoms with Gasteiger partial charge in [-0.3, -0.25) is 4.40 Å². The lowest BCUT2D eigenvalue weighted by Gasteiger charge is -1.99. The molecule has 84 valence electrons. The molecule has 2 rings (SSSR count). The van der Waals surface area contributed by atoms with Crippen molar-refractivity contribution < 1.29 is 9.90 Å². The molecule has 1 N–H and O–H groups in total. The lowest BCUT2D eigenvalue weighted by atomic mass is 10.2. The van der Waals surface area contributed by atoms with Gasteiger partial charge in [0.25, 0.3) is 0 Å². The third-order valence-electron chi connectivity index (χ3n) is 2.26. The first kappa shape index (κ1) is 10.9. The van der Waals surface area contributed by atoms with E-state index in [2.05, 4.69) is 9.97 Å². The van der Waals surface area contributed by atoms with Gasteiger partial charge >= 0.3 is 5.97 Å². The van der Waals surface area contributed by atoms with Crippen molar-refractivity contribution in [2.45, 2.75) is 19.8 Å². The van der Waals surface area contributed by atoms with E-state index < -0.39 is 5.97 Å². The molecular formula is C10H10ClN3O2. The second-order valence-corrected chi connectivity index (χ2v) is 4.08. The van der Waals surface area contributed by atoms with Crippen LogP contribution in [0.3, 0.4) is 0 Å². The summed E-state index contributed by atoms with van der Waals surface area (Å²) in [5.41, 5.74) is 0.872. The summed E-state index contributed by atoms with van der Waals surface area (Å²) in [4.78, 5) is 18.9. The number of aromatic nitrogens is 3. The number of halogens is 1. The van der Waals surface area contributed by atoms with Gasteiger partial charge in [0.05, 0.1) is 5.69 Å². The van der Waals surface area contributed by atoms with Crippen LogP contribution in [-0.2, 0) is 0 Å². The van der Waals surface area contributed by atoms with Crippen LogP contribution in [0.1, 0.15) is 35.9 Å². The Morgan fingerprint density at radius 1 is 1.56 bits per heavy atom. The van der Waals surface area contributed by atoms with E-state index in [4.69, 9.17) is 16.7 Å². The Bertz CT molecular complexity index is 562. The molecule has 5 nitrogen and oxygen atoms in total. The standard InChI is InChI=1S/C10H10ClN3O2/c1-5(2)6-8(11)14-4-3-12-7(10(15)16)9(14)13-6/h3-5H,1-2H3,(H,15,16). The van der Waals surface area contributed by atoms with E-state index in [0.29, 0.717) is 10.8 Å². The van der Waals surface area contributed by atoms with Crippen molar-refractivity contribution in [3.05, 3.63) is 28.9 Å². The topological polar surface area (TPSA) is 67.5 Å². The SMILES string of the molecule is CC(C)c1nc2c(C(=O)O)nccn2c1Cl. The van der Waals surface area contributed by atoms with Crippen molar-refractivity contribution in [2.24, 2.45) is 0 Å². The number of imidazole rings is 1. The molecule has 0 atom stereocenters. The highest BCUT2D eigenvalue weighted by Crippen LogP contribution is 2.25. The van der Waals surface area contributed by atoms with Crippen LogP contribution < -0.4 is 0 Å². The largest absolute Gasteiger partial charge is 0.476 e. The number of carbonyl (C=O) groups is 1. The number of nitrogens with zero attached hydrogens (tertiary/aromatic N) is 3. The maximum Gasteiger partial charge on any atom is 0.358 e. The zero-order valence-corrected chi connectivity index (χ0v) is 9.56. The average Bonchev–Trinajstić information content (AvgIpc) is 2.56. The summed E-state index contributed by atoms with van der Waals surface area (Å²) in [5, 5.41) is 9.40. The highest BCUT2D eigenvalue weighted by molar-refractivity contribution is 6.30. The smallest absolute Gasteiger partial charge is 0.358 e. The first-order valence-corrected chi connectivity index (χ1v) is 5.16. The number of fused-ring (bicyclic) bond motifs is 1. The van der Waals surface area contributed by atoms with E-state index in [1.807, 2.05) is 13.8 Å². The number of aromatic carboxylic acids is 1. The number of hydrogen-bond acceptors (Lipinski definition) is 3. The van der Waals surface area contributed by atoms with Gasteiger partial charge in [0.1, 0.15) is 5.15 Å². The van der Waals surface area contributed by atoms with Crippen molar-refractivity contribution in [3.63, 3.8) is 0 Å². The lowest BCUT2D eigenvalue weighted by Crippen LogP contribution is -2.03. The number of carboxylic acids is 1. The maximum absolute atomic E-state index is 10.9. The molecule has 0 bridgehead atoms. The molecule has 0 aliphatic rings. The van der Waals surface area contributed by atoms with Crippen LogP contribution in [0.2, 0.25) is 5.15 Å². The summed E-state index contributed by atoms with van der Waals surface area (Å²) >= 11 is 6.11. The zero-order valence-electron chi connectivity index (χ0n) is 8.81. The molecule has 16 heavy (non-hydrogen) atoms. The maximum atomic E-state index is 10.9. The molecular weight excluding hydrogens is 230 g/mol. The van der Waals surface area contributed by atoms with E-state index in [9.17, 15) is 4.79 Å². The Balaban J connectivity index is 2.80. The van der Waals surface area contributed by atoms with Gasteiger partial charge in [-0.15, -0.1) is 0 Å². The van der Waals surface area contributed by atoms with Gasteiger partial charge in [0.15, 0.2) is 11.3 Å². The molecule has 0 spiro atoms. The van der Waals surface area contributed by atoms with Crippen LogP contribution in [0.4, 0.5) is 0 Å². The quantitative estimate of drug-likeness (QED) is 0.873. The molecule has 0 unspecified atom stereocenters. The summed E-state index contributed by atoms with van der Waals surface area (Å²) in [7, 11) is 0. The number of hydrogen-bond donors (Lipinski definition) is 1. The molecule has 0 fully saturated rings. The van der Waals surface area contributed by atoms with Crippen LogP contribution >= 0.6 is 11.6 Å². The molecule has 0 amide bonds. The van der Waals surface area contributed by atoms with Crippen molar-refractivity contribution in [1.82, 2.24) is 14.4 Å². The normalized spacial score (nSPS) is 11.2. The highest BCUT2D eigenvalue weighted by Gasteiger charge is 2.18. The minimum atomic E-state index is -1.11. The van der Waals surface area contributed by atoms with E-state index in [-0.39, 0.29) is 17.3 Å². The van der Waals surface area contributed by atoms with Gasteiger partial charge < -0.3 is 5.11 Å². The third kappa shape index (κ3) is 1.53. The molecule has 2 aromatic rings. The minimum Gasteiger partial charge on any atom is -0.476 e. The van der Waals surface area contributed by atoms with E-state index in [1.54, 1.807) is 6.20 Å². The summed E-state index contributed by atoms with van der Waals surface area (Å²) in [5.74, 6) is -0.975. The Morgan fingerprint density at radius 2 is 2.25 bits per heavy atom. The van der Waals surface area contributed by atoms with Crippen molar-refractivity contribution in [3.8, 4) is 0 Å². The summed E-state index contributed by atoms with van der Waals surface area (Å²) in [6.07, 6.45) is 3.00.